The molecule has 0 bridgehead atoms. The van der Waals surface area contributed by atoms with Crippen molar-refractivity contribution in [2.24, 2.45) is 0 Å². The molecule has 0 aliphatic heterocycles. The fourth-order valence-corrected chi connectivity index (χ4v) is 5.22. The lowest BCUT2D eigenvalue weighted by atomic mass is 9.85. The van der Waals surface area contributed by atoms with Crippen molar-refractivity contribution in [3.05, 3.63) is 0 Å². The van der Waals surface area contributed by atoms with E-state index in [-0.39, 0.29) is 0 Å². The van der Waals surface area contributed by atoms with E-state index < -0.39 is 165 Å². The van der Waals surface area contributed by atoms with Gasteiger partial charge >= 0.3 is 139 Å². The number of hydrogen-bond acceptors (Lipinski definition) is 3. The van der Waals surface area contributed by atoms with Crippen LogP contribution in [0.2, 0.25) is 0 Å². The Labute approximate surface area is 386 Å². The third-order valence-electron chi connectivity index (χ3n) is 9.28. The zero-order valence-corrected chi connectivity index (χ0v) is 34.2. The van der Waals surface area contributed by atoms with Crippen molar-refractivity contribution in [3.8, 4) is 0 Å². The number of phosphoric ester groups is 1. The van der Waals surface area contributed by atoms with E-state index >= 15 is 0 Å². The zero-order chi connectivity index (χ0) is 63.7. The van der Waals surface area contributed by atoms with Crippen molar-refractivity contribution in [1.29, 1.82) is 0 Å². The highest BCUT2D eigenvalue weighted by molar-refractivity contribution is 7.47. The van der Waals surface area contributed by atoms with Crippen LogP contribution in [0.5, 0.6) is 0 Å². The minimum Gasteiger partial charge on any atom is -0.302 e. The molecule has 464 valence electrons. The molecule has 0 aromatic heterocycles. The van der Waals surface area contributed by atoms with Crippen molar-refractivity contribution in [3.63, 3.8) is 0 Å². The fourth-order valence-electron chi connectivity index (χ4n) is 4.51. The molecule has 0 aromatic carbocycles. The second-order valence-corrected chi connectivity index (χ2v) is 15.8. The summed E-state index contributed by atoms with van der Waals surface area (Å²) in [6.45, 7) is -6.89. The number of hydrogen-bond donors (Lipinski definition) is 1. The van der Waals surface area contributed by atoms with Crippen LogP contribution in [0.1, 0.15) is 12.8 Å². The van der Waals surface area contributed by atoms with Gasteiger partial charge in [0.15, 0.2) is 0 Å². The normalized spacial score (nSPS) is 17.1. The fraction of sp³-hybridized carbons (Fsp3) is 1.00. The second kappa shape index (κ2) is 19.0. The van der Waals surface area contributed by atoms with Crippen LogP contribution in [-0.2, 0) is 13.6 Å². The number of alkyl halides is 46. The highest BCUT2D eigenvalue weighted by Gasteiger charge is 3.01. The van der Waals surface area contributed by atoms with Gasteiger partial charge in [0.25, 0.3) is 0 Å². The summed E-state index contributed by atoms with van der Waals surface area (Å²) < 4.78 is 639. The van der Waals surface area contributed by atoms with Gasteiger partial charge in [-0.25, -0.2) is 4.57 Å². The molecular weight excluding hydrogens is 1280 g/mol. The van der Waals surface area contributed by atoms with E-state index in [1.165, 1.54) is 0 Å². The predicted octanol–water partition coefficient (Wildman–Crippen LogP) is 15.7. The van der Waals surface area contributed by atoms with Crippen molar-refractivity contribution in [1.82, 2.24) is 0 Å². The van der Waals surface area contributed by atoms with Crippen molar-refractivity contribution in [2.45, 2.75) is 144 Å². The van der Waals surface area contributed by atoms with E-state index in [0.717, 1.165) is 0 Å². The molecule has 0 aromatic rings. The molecule has 0 aliphatic rings. The van der Waals surface area contributed by atoms with E-state index in [0.29, 0.717) is 0 Å². The SMILES string of the molecule is O=P(O)(OCCC(F)(F)C(F)(F)C(F)(F)C(F)(F)C(F)(F)C(F)(F)C(F)(F)C(F)(F)C(F)(F)C(F)(F)C(F)(F)F)OCCC(F)(F)C(F)(F)C(F)(F)C(F)(F)C(F)(F)C(F)(F)C(F)(F)C(F)(F)C(F)(F)C(F)(F)C(F)(F)F. The van der Waals surface area contributed by atoms with Gasteiger partial charge in [0.05, 0.1) is 13.2 Å². The first-order chi connectivity index (χ1) is 32.4. The summed E-state index contributed by atoms with van der Waals surface area (Å²) in [6.07, 6.45) is -24.9. The lowest BCUT2D eigenvalue weighted by molar-refractivity contribution is -0.478. The van der Waals surface area contributed by atoms with Gasteiger partial charge in [-0.15, -0.1) is 0 Å². The lowest BCUT2D eigenvalue weighted by Crippen LogP contribution is -2.77. The number of rotatable bonds is 26. The summed E-state index contributed by atoms with van der Waals surface area (Å²) >= 11 is 0. The predicted molar refractivity (Wildman–Crippen MR) is 142 cm³/mol. The van der Waals surface area contributed by atoms with E-state index in [2.05, 4.69) is 9.05 Å². The highest BCUT2D eigenvalue weighted by atomic mass is 31.2. The summed E-state index contributed by atoms with van der Waals surface area (Å²) in [5.74, 6) is -187. The van der Waals surface area contributed by atoms with Gasteiger partial charge < -0.3 is 4.89 Å². The van der Waals surface area contributed by atoms with Crippen molar-refractivity contribution < 1.29 is 220 Å². The van der Waals surface area contributed by atoms with Gasteiger partial charge in [0, 0.05) is 12.8 Å². The molecule has 0 atom stereocenters. The Kier molecular flexibility index (Phi) is 18.2. The molecule has 0 spiro atoms. The number of phosphoric acid groups is 1. The van der Waals surface area contributed by atoms with Crippen molar-refractivity contribution >= 4 is 7.82 Å². The Balaban J connectivity index is 6.78. The first-order valence-electron chi connectivity index (χ1n) is 16.7. The number of halogens is 46. The molecule has 51 heteroatoms. The van der Waals surface area contributed by atoms with Gasteiger partial charge in [0.1, 0.15) is 0 Å². The first-order valence-corrected chi connectivity index (χ1v) is 18.2. The summed E-state index contributed by atoms with van der Waals surface area (Å²) in [5.41, 5.74) is 0. The molecule has 0 radical (unpaired) electrons. The molecule has 0 amide bonds. The Hall–Kier alpha value is -3.11. The molecule has 0 unspecified atom stereocenters. The van der Waals surface area contributed by atoms with Crippen LogP contribution in [0, 0.1) is 0 Å². The molecule has 4 nitrogen and oxygen atoms in total. The standard InChI is InChI=1S/C26H9F46O4P/c27-5(28,7(31,32)9(35,36)11(39,40)13(43,44)15(47,48)17(51,52)19(55,56)21(59,60)23(63,64)25(67,68)69)1-3-75-77(73,74)76-4-2-6(29,30)8(33,34)10(37,38)12(41,42)14(45,46)16(49,50)18(53,54)20(57,58)22(61,62)24(65,66)26(70,71)72/h1-4H2,(H,73,74). The van der Waals surface area contributed by atoms with Crippen LogP contribution in [0.4, 0.5) is 202 Å². The Bertz CT molecular complexity index is 1980. The Morgan fingerprint density at radius 2 is 0.338 bits per heavy atom. The van der Waals surface area contributed by atoms with Gasteiger partial charge in [-0.05, 0) is 0 Å². The van der Waals surface area contributed by atoms with Crippen LogP contribution in [0.3, 0.4) is 0 Å². The topological polar surface area (TPSA) is 55.8 Å². The van der Waals surface area contributed by atoms with Crippen LogP contribution in [0.25, 0.3) is 0 Å². The van der Waals surface area contributed by atoms with Crippen LogP contribution < -0.4 is 0 Å². The van der Waals surface area contributed by atoms with Crippen LogP contribution in [0.15, 0.2) is 0 Å². The maximum Gasteiger partial charge on any atom is 0.472 e. The van der Waals surface area contributed by atoms with Gasteiger partial charge in [0.2, 0.25) is 0 Å². The zero-order valence-electron chi connectivity index (χ0n) is 33.3. The Morgan fingerprint density at radius 1 is 0.221 bits per heavy atom. The van der Waals surface area contributed by atoms with E-state index in [4.69, 9.17) is 4.89 Å². The first kappa shape index (κ1) is 73.9. The molecule has 77 heavy (non-hydrogen) atoms. The third kappa shape index (κ3) is 9.85. The summed E-state index contributed by atoms with van der Waals surface area (Å²) in [4.78, 5) is 9.03. The minimum absolute atomic E-state index is 2.87. The van der Waals surface area contributed by atoms with Gasteiger partial charge in [-0.3, -0.25) is 9.05 Å². The quantitative estimate of drug-likeness (QED) is 0.0693. The molecule has 0 aliphatic carbocycles. The summed E-state index contributed by atoms with van der Waals surface area (Å²) in [5, 5.41) is 0. The molecule has 0 rings (SSSR count). The smallest absolute Gasteiger partial charge is 0.302 e. The van der Waals surface area contributed by atoms with Crippen molar-refractivity contribution in [2.75, 3.05) is 13.2 Å². The van der Waals surface area contributed by atoms with E-state index in [1.54, 1.807) is 0 Å². The average molecular weight is 1290 g/mol. The minimum atomic E-state index is -9.88. The van der Waals surface area contributed by atoms with E-state index in [1.807, 2.05) is 0 Å². The maximum atomic E-state index is 14.0. The van der Waals surface area contributed by atoms with E-state index in [9.17, 15) is 207 Å². The molecular formula is C26H9F46O4P. The third-order valence-corrected chi connectivity index (χ3v) is 10.3. The van der Waals surface area contributed by atoms with Gasteiger partial charge in [-0.1, -0.05) is 0 Å². The second-order valence-electron chi connectivity index (χ2n) is 14.4. The molecule has 0 fully saturated rings. The Morgan fingerprint density at radius 3 is 0.468 bits per heavy atom. The largest absolute Gasteiger partial charge is 0.472 e. The highest BCUT2D eigenvalue weighted by Crippen LogP contribution is 2.70. The lowest BCUT2D eigenvalue weighted by Gasteiger charge is -2.45. The maximum absolute atomic E-state index is 14.0. The summed E-state index contributed by atoms with van der Waals surface area (Å²) in [6, 6.07) is 0. The van der Waals surface area contributed by atoms with Crippen LogP contribution in [-0.4, -0.2) is 149 Å². The average Bonchev–Trinajstić information content (AvgIpc) is 3.18. The van der Waals surface area contributed by atoms with Gasteiger partial charge in [-0.2, -0.15) is 202 Å². The van der Waals surface area contributed by atoms with Crippen LogP contribution >= 0.6 is 7.82 Å². The molecule has 0 saturated heterocycles. The monoisotopic (exact) mass is 1290 g/mol. The molecule has 0 heterocycles. The molecule has 0 saturated carbocycles. The molecule has 1 N–H and O–H groups in total. The summed E-state index contributed by atoms with van der Waals surface area (Å²) in [7, 11) is -7.30.